The standard InChI is InChI=1S/C13H19N7/c1-9-4-7-19(8-10(9)2)12-16-11(14)17-13(18-12)20-6-3-5-15-20/h3,5-6,9-10H,4,7-8H2,1-2H3,(H2,14,16,17,18). The molecule has 1 aliphatic heterocycles. The summed E-state index contributed by atoms with van der Waals surface area (Å²) in [6.07, 6.45) is 4.62. The first-order valence-electron chi connectivity index (χ1n) is 6.90. The lowest BCUT2D eigenvalue weighted by Gasteiger charge is -2.35. The van der Waals surface area contributed by atoms with E-state index in [4.69, 9.17) is 5.73 Å². The summed E-state index contributed by atoms with van der Waals surface area (Å²) >= 11 is 0. The van der Waals surface area contributed by atoms with Gasteiger partial charge in [0.1, 0.15) is 0 Å². The van der Waals surface area contributed by atoms with Crippen LogP contribution in [-0.4, -0.2) is 37.8 Å². The van der Waals surface area contributed by atoms with Crippen molar-refractivity contribution in [3.63, 3.8) is 0 Å². The van der Waals surface area contributed by atoms with Crippen LogP contribution in [0.25, 0.3) is 5.95 Å². The summed E-state index contributed by atoms with van der Waals surface area (Å²) in [5, 5.41) is 4.13. The van der Waals surface area contributed by atoms with Gasteiger partial charge in [-0.2, -0.15) is 20.1 Å². The zero-order chi connectivity index (χ0) is 14.1. The Hall–Kier alpha value is -2.18. The molecule has 20 heavy (non-hydrogen) atoms. The van der Waals surface area contributed by atoms with Gasteiger partial charge in [-0.05, 0) is 24.3 Å². The Morgan fingerprint density at radius 2 is 1.95 bits per heavy atom. The molecule has 0 radical (unpaired) electrons. The molecule has 0 spiro atoms. The van der Waals surface area contributed by atoms with Gasteiger partial charge >= 0.3 is 0 Å². The van der Waals surface area contributed by atoms with E-state index in [1.165, 1.54) is 0 Å². The highest BCUT2D eigenvalue weighted by atomic mass is 15.4. The van der Waals surface area contributed by atoms with Crippen LogP contribution in [0, 0.1) is 11.8 Å². The molecule has 7 nitrogen and oxygen atoms in total. The van der Waals surface area contributed by atoms with Gasteiger partial charge in [0, 0.05) is 25.5 Å². The highest BCUT2D eigenvalue weighted by molar-refractivity contribution is 5.38. The monoisotopic (exact) mass is 273 g/mol. The summed E-state index contributed by atoms with van der Waals surface area (Å²) in [5.74, 6) is 2.68. The van der Waals surface area contributed by atoms with Crippen molar-refractivity contribution in [3.8, 4) is 5.95 Å². The van der Waals surface area contributed by atoms with Gasteiger partial charge in [0.05, 0.1) is 0 Å². The van der Waals surface area contributed by atoms with Crippen LogP contribution >= 0.6 is 0 Å². The summed E-state index contributed by atoms with van der Waals surface area (Å²) in [6, 6.07) is 1.82. The summed E-state index contributed by atoms with van der Waals surface area (Å²) in [5.41, 5.74) is 5.80. The third-order valence-corrected chi connectivity index (χ3v) is 3.96. The highest BCUT2D eigenvalue weighted by Crippen LogP contribution is 2.25. The average molecular weight is 273 g/mol. The highest BCUT2D eigenvalue weighted by Gasteiger charge is 2.25. The summed E-state index contributed by atoms with van der Waals surface area (Å²) in [4.78, 5) is 15.1. The predicted octanol–water partition coefficient (Wildman–Crippen LogP) is 1.12. The molecule has 1 aliphatic rings. The Balaban J connectivity index is 1.90. The largest absolute Gasteiger partial charge is 0.368 e. The molecule has 2 atom stereocenters. The first-order chi connectivity index (χ1) is 9.63. The molecule has 2 aromatic heterocycles. The molecule has 2 unspecified atom stereocenters. The van der Waals surface area contributed by atoms with E-state index in [1.807, 2.05) is 6.07 Å². The maximum Gasteiger partial charge on any atom is 0.257 e. The molecule has 0 aromatic carbocycles. The molecule has 2 N–H and O–H groups in total. The molecule has 1 fully saturated rings. The van der Waals surface area contributed by atoms with E-state index in [2.05, 4.69) is 38.8 Å². The maximum absolute atomic E-state index is 5.80. The minimum Gasteiger partial charge on any atom is -0.368 e. The van der Waals surface area contributed by atoms with Crippen LogP contribution in [-0.2, 0) is 0 Å². The second-order valence-electron chi connectivity index (χ2n) is 5.43. The van der Waals surface area contributed by atoms with Crippen LogP contribution in [0.5, 0.6) is 0 Å². The summed E-state index contributed by atoms with van der Waals surface area (Å²) in [7, 11) is 0. The van der Waals surface area contributed by atoms with E-state index in [0.29, 0.717) is 17.8 Å². The molecule has 7 heteroatoms. The van der Waals surface area contributed by atoms with Gasteiger partial charge in [0.15, 0.2) is 0 Å². The van der Waals surface area contributed by atoms with Crippen molar-refractivity contribution in [2.24, 2.45) is 11.8 Å². The van der Waals surface area contributed by atoms with Crippen molar-refractivity contribution in [1.29, 1.82) is 0 Å². The first-order valence-corrected chi connectivity index (χ1v) is 6.90. The quantitative estimate of drug-likeness (QED) is 0.882. The van der Waals surface area contributed by atoms with Crippen LogP contribution in [0.3, 0.4) is 0 Å². The van der Waals surface area contributed by atoms with E-state index >= 15 is 0 Å². The van der Waals surface area contributed by atoms with Gasteiger partial charge in [-0.1, -0.05) is 13.8 Å². The van der Waals surface area contributed by atoms with Crippen molar-refractivity contribution < 1.29 is 0 Å². The number of anilines is 2. The lowest BCUT2D eigenvalue weighted by atomic mass is 9.89. The zero-order valence-electron chi connectivity index (χ0n) is 11.8. The fourth-order valence-corrected chi connectivity index (χ4v) is 2.44. The molecular formula is C13H19N7. The van der Waals surface area contributed by atoms with Crippen LogP contribution in [0.15, 0.2) is 18.5 Å². The molecule has 106 valence electrons. The number of nitrogens with two attached hydrogens (primary N) is 1. The number of nitrogens with zero attached hydrogens (tertiary/aromatic N) is 6. The number of hydrogen-bond donors (Lipinski definition) is 1. The van der Waals surface area contributed by atoms with Gasteiger partial charge in [0.25, 0.3) is 5.95 Å². The van der Waals surface area contributed by atoms with E-state index in [0.717, 1.165) is 25.4 Å². The third kappa shape index (κ3) is 2.43. The number of hydrogen-bond acceptors (Lipinski definition) is 6. The molecule has 0 bridgehead atoms. The van der Waals surface area contributed by atoms with Crippen molar-refractivity contribution in [1.82, 2.24) is 24.7 Å². The van der Waals surface area contributed by atoms with Crippen LogP contribution < -0.4 is 10.6 Å². The van der Waals surface area contributed by atoms with Crippen molar-refractivity contribution in [2.45, 2.75) is 20.3 Å². The van der Waals surface area contributed by atoms with Crippen LogP contribution in [0.2, 0.25) is 0 Å². The lowest BCUT2D eigenvalue weighted by molar-refractivity contribution is 0.321. The Morgan fingerprint density at radius 3 is 2.65 bits per heavy atom. The predicted molar refractivity (Wildman–Crippen MR) is 76.5 cm³/mol. The van der Waals surface area contributed by atoms with E-state index in [1.54, 1.807) is 17.1 Å². The first kappa shape index (κ1) is 12.8. The van der Waals surface area contributed by atoms with Crippen molar-refractivity contribution in [2.75, 3.05) is 23.7 Å². The van der Waals surface area contributed by atoms with E-state index < -0.39 is 0 Å². The molecular weight excluding hydrogens is 254 g/mol. The van der Waals surface area contributed by atoms with E-state index in [9.17, 15) is 0 Å². The maximum atomic E-state index is 5.80. The fraction of sp³-hybridized carbons (Fsp3) is 0.538. The molecule has 2 aromatic rings. The summed E-state index contributed by atoms with van der Waals surface area (Å²) < 4.78 is 1.59. The Morgan fingerprint density at radius 1 is 1.15 bits per heavy atom. The Bertz CT molecular complexity index is 580. The van der Waals surface area contributed by atoms with Gasteiger partial charge < -0.3 is 10.6 Å². The number of rotatable bonds is 2. The SMILES string of the molecule is CC1CCN(c2nc(N)nc(-n3cccn3)n2)CC1C. The number of piperidine rings is 1. The fourth-order valence-electron chi connectivity index (χ4n) is 2.44. The second kappa shape index (κ2) is 5.07. The normalized spacial score (nSPS) is 23.0. The minimum atomic E-state index is 0.228. The van der Waals surface area contributed by atoms with Crippen molar-refractivity contribution in [3.05, 3.63) is 18.5 Å². The van der Waals surface area contributed by atoms with Gasteiger partial charge in [0.2, 0.25) is 11.9 Å². The molecule has 0 amide bonds. The molecule has 1 saturated heterocycles. The Kier molecular flexibility index (Phi) is 3.25. The van der Waals surface area contributed by atoms with E-state index in [-0.39, 0.29) is 5.95 Å². The Labute approximate surface area is 117 Å². The molecule has 3 rings (SSSR count). The number of nitrogen functional groups attached to an aromatic ring is 1. The third-order valence-electron chi connectivity index (χ3n) is 3.96. The summed E-state index contributed by atoms with van der Waals surface area (Å²) in [6.45, 7) is 6.45. The van der Waals surface area contributed by atoms with Gasteiger partial charge in [-0.25, -0.2) is 4.68 Å². The number of aromatic nitrogens is 5. The topological polar surface area (TPSA) is 85.8 Å². The average Bonchev–Trinajstić information content (AvgIpc) is 2.95. The smallest absolute Gasteiger partial charge is 0.257 e. The molecule has 0 saturated carbocycles. The van der Waals surface area contributed by atoms with Crippen LogP contribution in [0.1, 0.15) is 20.3 Å². The molecule has 0 aliphatic carbocycles. The molecule has 3 heterocycles. The second-order valence-corrected chi connectivity index (χ2v) is 5.43. The van der Waals surface area contributed by atoms with Gasteiger partial charge in [-0.15, -0.1) is 0 Å². The van der Waals surface area contributed by atoms with Crippen molar-refractivity contribution >= 4 is 11.9 Å². The van der Waals surface area contributed by atoms with Crippen LogP contribution in [0.4, 0.5) is 11.9 Å². The van der Waals surface area contributed by atoms with Gasteiger partial charge in [-0.3, -0.25) is 0 Å². The lowest BCUT2D eigenvalue weighted by Crippen LogP contribution is -2.39. The zero-order valence-corrected chi connectivity index (χ0v) is 11.8. The minimum absolute atomic E-state index is 0.228.